The van der Waals surface area contributed by atoms with Crippen molar-refractivity contribution in [2.45, 2.75) is 0 Å². The summed E-state index contributed by atoms with van der Waals surface area (Å²) >= 11 is 0. The Kier molecular flexibility index (Phi) is 2.27. The molecule has 0 aliphatic rings. The molecule has 0 radical (unpaired) electrons. The fraction of sp³-hybridized carbons (Fsp3) is 0. The van der Waals surface area contributed by atoms with Crippen LogP contribution in [-0.2, 0) is 0 Å². The lowest BCUT2D eigenvalue weighted by atomic mass is 10.4. The van der Waals surface area contributed by atoms with Crippen LogP contribution in [0.25, 0.3) is 23.0 Å². The second-order valence-electron chi connectivity index (χ2n) is 3.20. The normalized spacial score (nSPS) is 10.4. The summed E-state index contributed by atoms with van der Waals surface area (Å²) in [6.07, 6.45) is 6.20. The molecule has 3 aromatic rings. The number of hydrogen-bond acceptors (Lipinski definition) is 6. The van der Waals surface area contributed by atoms with Gasteiger partial charge in [0.2, 0.25) is 0 Å². The molecule has 0 unspecified atom stereocenters. The molecule has 0 saturated heterocycles. The van der Waals surface area contributed by atoms with Gasteiger partial charge in [-0.05, 0) is 12.1 Å². The summed E-state index contributed by atoms with van der Waals surface area (Å²) in [6, 6.07) is 3.50. The summed E-state index contributed by atoms with van der Waals surface area (Å²) in [5, 5.41) is 6.88. The number of rotatable bonds is 2. The van der Waals surface area contributed by atoms with E-state index < -0.39 is 0 Å². The van der Waals surface area contributed by atoms with Crippen LogP contribution in [0.3, 0.4) is 0 Å². The Bertz CT molecular complexity index is 551. The summed E-state index contributed by atoms with van der Waals surface area (Å²) in [6.45, 7) is 0. The van der Waals surface area contributed by atoms with Crippen LogP contribution in [0.2, 0.25) is 0 Å². The van der Waals surface area contributed by atoms with E-state index >= 15 is 0 Å². The van der Waals surface area contributed by atoms with Gasteiger partial charge in [-0.15, -0.1) is 0 Å². The zero-order valence-corrected chi connectivity index (χ0v) is 8.65. The highest BCUT2D eigenvalue weighted by atomic mass is 15.2. The van der Waals surface area contributed by atoms with E-state index in [0.29, 0.717) is 23.0 Å². The largest absolute Gasteiger partial charge is 0.257 e. The number of nitrogens with one attached hydrogen (secondary N) is 1. The van der Waals surface area contributed by atoms with E-state index in [4.69, 9.17) is 0 Å². The van der Waals surface area contributed by atoms with Gasteiger partial charge in [-0.2, -0.15) is 5.10 Å². The molecule has 0 aliphatic carbocycles. The second kappa shape index (κ2) is 4.05. The van der Waals surface area contributed by atoms with E-state index in [9.17, 15) is 0 Å². The van der Waals surface area contributed by atoms with Gasteiger partial charge in [0.25, 0.3) is 0 Å². The maximum atomic E-state index is 4.30. The van der Waals surface area contributed by atoms with Gasteiger partial charge in [-0.3, -0.25) is 5.10 Å². The molecule has 0 spiro atoms. The molecule has 0 fully saturated rings. The Morgan fingerprint density at radius 3 is 2.24 bits per heavy atom. The molecule has 7 nitrogen and oxygen atoms in total. The minimum absolute atomic E-state index is 0.515. The molecule has 82 valence electrons. The Labute approximate surface area is 96.0 Å². The SMILES string of the molecule is c1cc(-c2n[nH]c(-c3ccncn3)n2)ncn1. The lowest BCUT2D eigenvalue weighted by Crippen LogP contribution is -1.87. The van der Waals surface area contributed by atoms with Gasteiger partial charge in [-0.25, -0.2) is 24.9 Å². The summed E-state index contributed by atoms with van der Waals surface area (Å²) in [5.41, 5.74) is 1.35. The number of H-pyrrole nitrogens is 1. The first kappa shape index (κ1) is 9.52. The molecular formula is C10H7N7. The Balaban J connectivity index is 1.99. The molecule has 7 heteroatoms. The van der Waals surface area contributed by atoms with Crippen molar-refractivity contribution in [1.82, 2.24) is 35.1 Å². The zero-order chi connectivity index (χ0) is 11.5. The topological polar surface area (TPSA) is 93.1 Å². The molecule has 3 aromatic heterocycles. The van der Waals surface area contributed by atoms with Crippen LogP contribution in [0.5, 0.6) is 0 Å². The maximum Gasteiger partial charge on any atom is 0.200 e. The fourth-order valence-corrected chi connectivity index (χ4v) is 1.34. The fourth-order valence-electron chi connectivity index (χ4n) is 1.34. The van der Waals surface area contributed by atoms with E-state index in [-0.39, 0.29) is 0 Å². The molecule has 0 bridgehead atoms. The van der Waals surface area contributed by atoms with Crippen LogP contribution in [0, 0.1) is 0 Å². The molecule has 0 amide bonds. The third-order valence-electron chi connectivity index (χ3n) is 2.12. The van der Waals surface area contributed by atoms with Gasteiger partial charge < -0.3 is 0 Å². The molecule has 0 saturated carbocycles. The van der Waals surface area contributed by atoms with Crippen LogP contribution in [-0.4, -0.2) is 35.1 Å². The molecule has 1 N–H and O–H groups in total. The summed E-state index contributed by atoms with van der Waals surface area (Å²) in [7, 11) is 0. The molecule has 3 rings (SSSR count). The predicted octanol–water partition coefficient (Wildman–Crippen LogP) is 0.719. The van der Waals surface area contributed by atoms with Gasteiger partial charge >= 0.3 is 0 Å². The monoisotopic (exact) mass is 225 g/mol. The van der Waals surface area contributed by atoms with Crippen molar-refractivity contribution >= 4 is 0 Å². The van der Waals surface area contributed by atoms with Gasteiger partial charge in [0.15, 0.2) is 11.6 Å². The Hall–Kier alpha value is -2.70. The van der Waals surface area contributed by atoms with Crippen molar-refractivity contribution < 1.29 is 0 Å². The molecule has 0 aliphatic heterocycles. The summed E-state index contributed by atoms with van der Waals surface area (Å²) < 4.78 is 0. The molecule has 0 atom stereocenters. The maximum absolute atomic E-state index is 4.30. The van der Waals surface area contributed by atoms with E-state index in [1.807, 2.05) is 0 Å². The third kappa shape index (κ3) is 1.85. The number of aromatic amines is 1. The van der Waals surface area contributed by atoms with E-state index in [1.54, 1.807) is 24.5 Å². The van der Waals surface area contributed by atoms with Crippen LogP contribution >= 0.6 is 0 Å². The van der Waals surface area contributed by atoms with Crippen LogP contribution < -0.4 is 0 Å². The molecular weight excluding hydrogens is 218 g/mol. The number of aromatic nitrogens is 7. The van der Waals surface area contributed by atoms with Crippen molar-refractivity contribution in [3.05, 3.63) is 37.2 Å². The van der Waals surface area contributed by atoms with Crippen molar-refractivity contribution in [2.24, 2.45) is 0 Å². The lowest BCUT2D eigenvalue weighted by molar-refractivity contribution is 1.07. The van der Waals surface area contributed by atoms with Crippen molar-refractivity contribution in [2.75, 3.05) is 0 Å². The summed E-state index contributed by atoms with van der Waals surface area (Å²) in [5.74, 6) is 1.10. The zero-order valence-electron chi connectivity index (χ0n) is 8.65. The smallest absolute Gasteiger partial charge is 0.200 e. The third-order valence-corrected chi connectivity index (χ3v) is 2.12. The van der Waals surface area contributed by atoms with E-state index in [2.05, 4.69) is 35.1 Å². The van der Waals surface area contributed by atoms with Gasteiger partial charge in [0.05, 0.1) is 0 Å². The standard InChI is InChI=1S/C10H7N7/c1-3-11-5-13-7(1)9-15-10(17-16-9)8-2-4-12-6-14-8/h1-6H,(H,15,16,17). The van der Waals surface area contributed by atoms with Gasteiger partial charge in [0.1, 0.15) is 24.0 Å². The molecule has 0 aromatic carbocycles. The van der Waals surface area contributed by atoms with Crippen LogP contribution in [0.15, 0.2) is 37.2 Å². The second-order valence-corrected chi connectivity index (χ2v) is 3.20. The Morgan fingerprint density at radius 2 is 1.59 bits per heavy atom. The van der Waals surface area contributed by atoms with Crippen LogP contribution in [0.1, 0.15) is 0 Å². The van der Waals surface area contributed by atoms with Gasteiger partial charge in [0, 0.05) is 12.4 Å². The number of nitrogens with zero attached hydrogens (tertiary/aromatic N) is 6. The predicted molar refractivity (Wildman–Crippen MR) is 58.4 cm³/mol. The summed E-state index contributed by atoms with van der Waals surface area (Å²) in [4.78, 5) is 20.1. The van der Waals surface area contributed by atoms with Crippen molar-refractivity contribution in [3.63, 3.8) is 0 Å². The van der Waals surface area contributed by atoms with E-state index in [1.165, 1.54) is 12.7 Å². The highest BCUT2D eigenvalue weighted by molar-refractivity contribution is 5.54. The Morgan fingerprint density at radius 1 is 0.882 bits per heavy atom. The average molecular weight is 225 g/mol. The van der Waals surface area contributed by atoms with Crippen molar-refractivity contribution in [3.8, 4) is 23.0 Å². The highest BCUT2D eigenvalue weighted by Gasteiger charge is 2.08. The van der Waals surface area contributed by atoms with Crippen molar-refractivity contribution in [1.29, 1.82) is 0 Å². The first-order valence-electron chi connectivity index (χ1n) is 4.88. The highest BCUT2D eigenvalue weighted by Crippen LogP contribution is 2.15. The first-order chi connectivity index (χ1) is 8.43. The quantitative estimate of drug-likeness (QED) is 0.690. The average Bonchev–Trinajstić information content (AvgIpc) is 2.90. The molecule has 3 heterocycles. The van der Waals surface area contributed by atoms with E-state index in [0.717, 1.165) is 0 Å². The van der Waals surface area contributed by atoms with Gasteiger partial charge in [-0.1, -0.05) is 0 Å². The number of hydrogen-bond donors (Lipinski definition) is 1. The molecule has 17 heavy (non-hydrogen) atoms. The first-order valence-corrected chi connectivity index (χ1v) is 4.88. The lowest BCUT2D eigenvalue weighted by Gasteiger charge is -1.92. The minimum Gasteiger partial charge on any atom is -0.257 e. The minimum atomic E-state index is 0.515. The van der Waals surface area contributed by atoms with Crippen LogP contribution in [0.4, 0.5) is 0 Å².